The van der Waals surface area contributed by atoms with Crippen LogP contribution in [0.5, 0.6) is 0 Å². The van der Waals surface area contributed by atoms with Crippen LogP contribution in [0.25, 0.3) is 21.7 Å². The first-order chi connectivity index (χ1) is 14.7. The fourth-order valence-electron chi connectivity index (χ4n) is 2.71. The molecule has 3 aromatic carbocycles. The van der Waals surface area contributed by atoms with Crippen LogP contribution in [0.2, 0.25) is 0 Å². The number of nitrogens with zero attached hydrogens (tertiary/aromatic N) is 1. The van der Waals surface area contributed by atoms with E-state index in [0.717, 1.165) is 5.52 Å². The second kappa shape index (κ2) is 14.0. The molecule has 0 radical (unpaired) electrons. The molecule has 4 aromatic rings. The number of aromatic carboxylic acids is 1. The van der Waals surface area contributed by atoms with E-state index in [9.17, 15) is 9.59 Å². The van der Waals surface area contributed by atoms with Crippen LogP contribution in [0, 0.1) is 0 Å². The summed E-state index contributed by atoms with van der Waals surface area (Å²) in [6, 6.07) is 24.9. The number of benzene rings is 3. The van der Waals surface area contributed by atoms with Gasteiger partial charge in [-0.25, -0.2) is 9.59 Å². The first-order valence-electron chi connectivity index (χ1n) is 9.69. The molecule has 0 atom stereocenters. The molecule has 0 aliphatic carbocycles. The number of para-hydroxylation sites is 1. The fraction of sp³-hybridized carbons (Fsp3) is 0.160. The Morgan fingerprint density at radius 3 is 1.79 bits per heavy atom. The van der Waals surface area contributed by atoms with Crippen molar-refractivity contribution in [3.8, 4) is 0 Å². The number of carbonyl (C=O) groups is 2. The number of amides is 1. The van der Waals surface area contributed by atoms with Crippen molar-refractivity contribution in [3.63, 3.8) is 0 Å². The van der Waals surface area contributed by atoms with Crippen LogP contribution in [-0.4, -0.2) is 32.8 Å². The second-order valence-electron chi connectivity index (χ2n) is 7.71. The summed E-state index contributed by atoms with van der Waals surface area (Å²) in [6.45, 7) is 5.38. The predicted octanol–water partition coefficient (Wildman–Crippen LogP) is 5.98. The molecule has 0 spiro atoms. The number of aromatic nitrogens is 1. The monoisotopic (exact) mass is 630 g/mol. The van der Waals surface area contributed by atoms with Gasteiger partial charge in [0.2, 0.25) is 0 Å². The normalized spacial score (nSPS) is 9.67. The smallest absolute Gasteiger partial charge is 0.405 e. The summed E-state index contributed by atoms with van der Waals surface area (Å²) in [5.41, 5.74) is 1.06. The van der Waals surface area contributed by atoms with E-state index in [0.29, 0.717) is 5.56 Å². The largest absolute Gasteiger partial charge is 0.478 e. The molecule has 0 saturated heterocycles. The van der Waals surface area contributed by atoms with Crippen molar-refractivity contribution in [2.24, 2.45) is 0 Å². The molecule has 0 bridgehead atoms. The maximum atomic E-state index is 10.2. The predicted molar refractivity (Wildman–Crippen MR) is 129 cm³/mol. The molecule has 0 unspecified atom stereocenters. The third kappa shape index (κ3) is 10.3. The molecule has 0 saturated carbocycles. The van der Waals surface area contributed by atoms with E-state index in [1.54, 1.807) is 51.1 Å². The van der Waals surface area contributed by atoms with Gasteiger partial charge in [0.05, 0.1) is 11.1 Å². The zero-order valence-electron chi connectivity index (χ0n) is 18.8. The van der Waals surface area contributed by atoms with Crippen LogP contribution in [0.4, 0.5) is 4.79 Å². The summed E-state index contributed by atoms with van der Waals surface area (Å²) < 4.78 is 0. The molecule has 8 heteroatoms. The molecule has 1 amide bonds. The Morgan fingerprint density at radius 1 is 0.788 bits per heavy atom. The van der Waals surface area contributed by atoms with Crippen molar-refractivity contribution >= 4 is 33.7 Å². The number of rotatable bonds is 1. The molecular weight excluding hydrogens is 601 g/mol. The molecule has 0 aliphatic rings. The molecule has 0 fully saturated rings. The van der Waals surface area contributed by atoms with Gasteiger partial charge in [-0.15, -0.1) is 0 Å². The van der Waals surface area contributed by atoms with Gasteiger partial charge in [0.25, 0.3) is 0 Å². The average Bonchev–Trinajstić information content (AvgIpc) is 2.73. The van der Waals surface area contributed by atoms with Crippen molar-refractivity contribution in [1.29, 1.82) is 0 Å². The first kappa shape index (κ1) is 29.7. The summed E-state index contributed by atoms with van der Waals surface area (Å²) in [6.07, 6.45) is 0.954. The van der Waals surface area contributed by atoms with Crippen molar-refractivity contribution in [3.05, 3.63) is 90.6 Å². The number of carboxylic acid groups (broad SMARTS) is 2. The summed E-state index contributed by atoms with van der Waals surface area (Å²) in [5, 5.41) is 22.5. The Kier molecular flexibility index (Phi) is 12.6. The van der Waals surface area contributed by atoms with E-state index in [-0.39, 0.29) is 32.8 Å². The number of fused-ring (bicyclic) bond motifs is 3. The van der Waals surface area contributed by atoms with E-state index >= 15 is 0 Å². The minimum absolute atomic E-state index is 0. The van der Waals surface area contributed by atoms with Crippen LogP contribution >= 0.6 is 0 Å². The zero-order valence-corrected chi connectivity index (χ0v) is 21.0. The van der Waals surface area contributed by atoms with E-state index in [2.05, 4.69) is 40.6 Å². The van der Waals surface area contributed by atoms with E-state index in [1.165, 1.54) is 16.2 Å². The van der Waals surface area contributed by atoms with Crippen LogP contribution in [0.1, 0.15) is 31.1 Å². The minimum Gasteiger partial charge on any atom is -0.478 e. The van der Waals surface area contributed by atoms with Gasteiger partial charge in [0.1, 0.15) is 0 Å². The molecule has 33 heavy (non-hydrogen) atoms. The van der Waals surface area contributed by atoms with Gasteiger partial charge in [0, 0.05) is 43.6 Å². The molecule has 178 valence electrons. The maximum absolute atomic E-state index is 10.2. The van der Waals surface area contributed by atoms with Crippen LogP contribution in [0.3, 0.4) is 0 Å². The molecule has 7 nitrogen and oxygen atoms in total. The molecule has 1 aromatic heterocycles. The van der Waals surface area contributed by atoms with Crippen molar-refractivity contribution < 1.29 is 40.9 Å². The molecule has 6 N–H and O–H groups in total. The van der Waals surface area contributed by atoms with Crippen LogP contribution in [-0.2, 0) is 21.1 Å². The first-order valence-corrected chi connectivity index (χ1v) is 9.69. The number of hydrogen-bond acceptors (Lipinski definition) is 4. The molecular formula is C25H29N3O4Pt. The summed E-state index contributed by atoms with van der Waals surface area (Å²) in [4.78, 5) is 24.5. The van der Waals surface area contributed by atoms with Gasteiger partial charge < -0.3 is 21.7 Å². The topological polar surface area (TPSA) is 135 Å². The fourth-order valence-corrected chi connectivity index (χ4v) is 2.71. The van der Waals surface area contributed by atoms with Gasteiger partial charge >= 0.3 is 12.1 Å². The van der Waals surface area contributed by atoms with Crippen molar-refractivity contribution in [1.82, 2.24) is 16.5 Å². The Labute approximate surface area is 207 Å². The third-order valence-corrected chi connectivity index (χ3v) is 4.00. The van der Waals surface area contributed by atoms with Gasteiger partial charge in [0.15, 0.2) is 0 Å². The second-order valence-corrected chi connectivity index (χ2v) is 7.71. The van der Waals surface area contributed by atoms with E-state index in [4.69, 9.17) is 10.2 Å². The van der Waals surface area contributed by atoms with Gasteiger partial charge in [-0.1, -0.05) is 60.7 Å². The Morgan fingerprint density at radius 2 is 1.30 bits per heavy atom. The van der Waals surface area contributed by atoms with Crippen LogP contribution in [0.15, 0.2) is 85.1 Å². The minimum atomic E-state index is -0.975. The Hall–Kier alpha value is -3.28. The van der Waals surface area contributed by atoms with Gasteiger partial charge in [-0.2, -0.15) is 0 Å². The number of carboxylic acids is 1. The van der Waals surface area contributed by atoms with Crippen molar-refractivity contribution in [2.75, 3.05) is 0 Å². The quantitative estimate of drug-likeness (QED) is 0.191. The zero-order chi connectivity index (χ0) is 22.9. The third-order valence-electron chi connectivity index (χ3n) is 4.00. The summed E-state index contributed by atoms with van der Waals surface area (Å²) >= 11 is 0. The Bertz CT molecular complexity index is 1110. The van der Waals surface area contributed by atoms with Gasteiger partial charge in [-0.3, -0.25) is 4.98 Å². The standard InChI is InChI=1S/C13H9N.C7H6O2.C5H11NO2.H3N.Pt/c1-2-6-11-10(5-1)9-14-13-8-4-3-7-12(11)13;8-7(9)6-4-2-1-3-5-6;1-5(2,3)6-4(7)8;;/h1-9H;1-5H,(H,8,9);6H,1-3H3,(H,7,8);1H3;. The Balaban J connectivity index is 0.000000479. The summed E-state index contributed by atoms with van der Waals surface area (Å²) in [7, 11) is 0. The molecule has 4 rings (SSSR count). The van der Waals surface area contributed by atoms with Gasteiger partial charge in [-0.05, 0) is 44.4 Å². The SMILES string of the molecule is CC(C)(C)NC(=O)O.N.O=C(O)c1ccccc1.[Pt].c1ccc2c(c1)cnc1ccccc12. The molecule has 0 aliphatic heterocycles. The summed E-state index contributed by atoms with van der Waals surface area (Å²) in [5.74, 6) is -0.879. The van der Waals surface area contributed by atoms with Crippen LogP contribution < -0.4 is 11.5 Å². The van der Waals surface area contributed by atoms with E-state index in [1.807, 2.05) is 24.4 Å². The van der Waals surface area contributed by atoms with E-state index < -0.39 is 12.1 Å². The van der Waals surface area contributed by atoms with Crippen molar-refractivity contribution in [2.45, 2.75) is 26.3 Å². The number of nitrogens with one attached hydrogen (secondary N) is 1. The number of pyridine rings is 1. The average molecular weight is 631 g/mol. The maximum Gasteiger partial charge on any atom is 0.405 e. The molecule has 1 heterocycles. The number of hydrogen-bond donors (Lipinski definition) is 4.